The molecule has 2 saturated carbocycles. The third-order valence-electron chi connectivity index (χ3n) is 6.17. The molecule has 0 bridgehead atoms. The number of urea groups is 1. The van der Waals surface area contributed by atoms with Crippen molar-refractivity contribution >= 4 is 23.8 Å². The van der Waals surface area contributed by atoms with Gasteiger partial charge in [-0.05, 0) is 43.9 Å². The summed E-state index contributed by atoms with van der Waals surface area (Å²) in [5.41, 5.74) is -0.895. The van der Waals surface area contributed by atoms with Crippen LogP contribution in [0.5, 0.6) is 0 Å². The zero-order valence-electron chi connectivity index (χ0n) is 16.9. The van der Waals surface area contributed by atoms with Crippen LogP contribution in [0.4, 0.5) is 4.79 Å². The van der Waals surface area contributed by atoms with Gasteiger partial charge in [-0.15, -0.1) is 0 Å². The van der Waals surface area contributed by atoms with E-state index in [1.165, 1.54) is 0 Å². The highest BCUT2D eigenvalue weighted by Gasteiger charge is 2.55. The minimum atomic E-state index is -0.895. The molecule has 2 unspecified atom stereocenters. The van der Waals surface area contributed by atoms with E-state index >= 15 is 0 Å². The van der Waals surface area contributed by atoms with Crippen molar-refractivity contribution in [3.8, 4) is 0 Å². The first-order valence-corrected chi connectivity index (χ1v) is 10.4. The number of hydrogen-bond donors (Lipinski definition) is 1. The van der Waals surface area contributed by atoms with Crippen molar-refractivity contribution in [2.45, 2.75) is 64.3 Å². The topological polar surface area (TPSA) is 96.0 Å². The molecule has 3 rings (SSSR count). The lowest BCUT2D eigenvalue weighted by atomic mass is 9.73. The molecule has 0 aromatic carbocycles. The number of carbonyl (C=O) groups excluding carboxylic acids is 4. The van der Waals surface area contributed by atoms with Crippen LogP contribution in [0.1, 0.15) is 58.8 Å². The highest BCUT2D eigenvalue weighted by Crippen LogP contribution is 2.38. The van der Waals surface area contributed by atoms with Crippen LogP contribution >= 0.6 is 0 Å². The Morgan fingerprint density at radius 1 is 1.25 bits per heavy atom. The normalized spacial score (nSPS) is 27.1. The van der Waals surface area contributed by atoms with Gasteiger partial charge in [0.25, 0.3) is 11.8 Å². The summed E-state index contributed by atoms with van der Waals surface area (Å²) in [6.07, 6.45) is 6.49. The second-order valence-electron chi connectivity index (χ2n) is 8.38. The Bertz CT molecular complexity index is 648. The van der Waals surface area contributed by atoms with Gasteiger partial charge in [-0.1, -0.05) is 26.7 Å². The van der Waals surface area contributed by atoms with Crippen LogP contribution in [0.25, 0.3) is 0 Å². The quantitative estimate of drug-likeness (QED) is 0.500. The number of nitrogens with zero attached hydrogens (tertiary/aromatic N) is 2. The summed E-state index contributed by atoms with van der Waals surface area (Å²) in [5, 5.41) is 2.81. The Morgan fingerprint density at radius 2 is 2.00 bits per heavy atom. The van der Waals surface area contributed by atoms with Gasteiger partial charge in [-0.25, -0.2) is 4.79 Å². The number of ether oxygens (including phenoxy) is 1. The molecule has 0 aromatic heterocycles. The summed E-state index contributed by atoms with van der Waals surface area (Å²) in [6, 6.07) is -0.552. The Labute approximate surface area is 165 Å². The Hall–Kier alpha value is -2.12. The fourth-order valence-electron chi connectivity index (χ4n) is 4.25. The van der Waals surface area contributed by atoms with Crippen molar-refractivity contribution in [1.82, 2.24) is 15.1 Å². The van der Waals surface area contributed by atoms with Gasteiger partial charge in [0.1, 0.15) is 12.1 Å². The number of hydrogen-bond acceptors (Lipinski definition) is 5. The molecule has 1 N–H and O–H groups in total. The first-order valence-electron chi connectivity index (χ1n) is 10.4. The van der Waals surface area contributed by atoms with Crippen molar-refractivity contribution < 1.29 is 23.9 Å². The molecule has 1 heterocycles. The van der Waals surface area contributed by atoms with Gasteiger partial charge in [0.15, 0.2) is 6.61 Å². The van der Waals surface area contributed by atoms with E-state index in [2.05, 4.69) is 5.32 Å². The van der Waals surface area contributed by atoms with Crippen LogP contribution in [0.2, 0.25) is 0 Å². The van der Waals surface area contributed by atoms with Gasteiger partial charge in [-0.3, -0.25) is 19.3 Å². The maximum Gasteiger partial charge on any atom is 0.326 e. The molecule has 2 aliphatic carbocycles. The van der Waals surface area contributed by atoms with Crippen molar-refractivity contribution in [2.24, 2.45) is 11.8 Å². The lowest BCUT2D eigenvalue weighted by molar-refractivity contribution is -0.154. The van der Waals surface area contributed by atoms with Crippen LogP contribution in [-0.4, -0.2) is 65.4 Å². The maximum atomic E-state index is 12.9. The molecule has 1 spiro atoms. The predicted octanol–water partition coefficient (Wildman–Crippen LogP) is 1.68. The van der Waals surface area contributed by atoms with E-state index < -0.39 is 24.1 Å². The molecular weight excluding hydrogens is 362 g/mol. The molecular formula is C20H31N3O5. The van der Waals surface area contributed by atoms with Gasteiger partial charge in [0.2, 0.25) is 0 Å². The number of amides is 4. The average molecular weight is 393 g/mol. The summed E-state index contributed by atoms with van der Waals surface area (Å²) < 4.78 is 5.09. The molecule has 2 atom stereocenters. The first kappa shape index (κ1) is 20.6. The first-order chi connectivity index (χ1) is 13.4. The van der Waals surface area contributed by atoms with E-state index in [4.69, 9.17) is 4.74 Å². The molecule has 28 heavy (non-hydrogen) atoms. The molecule has 8 nitrogen and oxygen atoms in total. The van der Waals surface area contributed by atoms with Gasteiger partial charge < -0.3 is 15.0 Å². The zero-order valence-corrected chi connectivity index (χ0v) is 16.9. The number of esters is 1. The summed E-state index contributed by atoms with van der Waals surface area (Å²) >= 11 is 0. The molecule has 3 fully saturated rings. The van der Waals surface area contributed by atoms with E-state index in [1.54, 1.807) is 4.90 Å². The lowest BCUT2D eigenvalue weighted by Gasteiger charge is -2.36. The number of nitrogens with one attached hydrogen (secondary N) is 1. The Morgan fingerprint density at radius 3 is 2.64 bits per heavy atom. The van der Waals surface area contributed by atoms with Gasteiger partial charge >= 0.3 is 12.0 Å². The van der Waals surface area contributed by atoms with Crippen LogP contribution in [0.3, 0.4) is 0 Å². The van der Waals surface area contributed by atoms with Crippen molar-refractivity contribution in [1.29, 1.82) is 0 Å². The van der Waals surface area contributed by atoms with E-state index in [9.17, 15) is 19.2 Å². The van der Waals surface area contributed by atoms with Crippen LogP contribution in [0.15, 0.2) is 0 Å². The molecule has 0 radical (unpaired) electrons. The molecule has 156 valence electrons. The van der Waals surface area contributed by atoms with E-state index in [-0.39, 0.29) is 24.3 Å². The molecule has 4 amide bonds. The Balaban J connectivity index is 1.52. The number of imide groups is 1. The molecule has 1 aliphatic heterocycles. The minimum Gasteiger partial charge on any atom is -0.454 e. The summed E-state index contributed by atoms with van der Waals surface area (Å²) in [5.74, 6) is -0.720. The van der Waals surface area contributed by atoms with Gasteiger partial charge in [0, 0.05) is 13.1 Å². The molecule has 8 heteroatoms. The van der Waals surface area contributed by atoms with Crippen molar-refractivity contribution in [2.75, 3.05) is 26.2 Å². The average Bonchev–Trinajstić information content (AvgIpc) is 3.45. The van der Waals surface area contributed by atoms with E-state index in [0.717, 1.165) is 43.4 Å². The number of rotatable bonds is 8. The molecule has 0 aromatic rings. The minimum absolute atomic E-state index is 0.0327. The summed E-state index contributed by atoms with van der Waals surface area (Å²) in [4.78, 5) is 52.4. The number of carbonyl (C=O) groups is 4. The van der Waals surface area contributed by atoms with Crippen LogP contribution in [0, 0.1) is 11.8 Å². The smallest absolute Gasteiger partial charge is 0.326 e. The molecule has 1 saturated heterocycles. The summed E-state index contributed by atoms with van der Waals surface area (Å²) in [7, 11) is 0. The van der Waals surface area contributed by atoms with Gasteiger partial charge in [0.05, 0.1) is 0 Å². The van der Waals surface area contributed by atoms with E-state index in [0.29, 0.717) is 25.4 Å². The van der Waals surface area contributed by atoms with E-state index in [1.807, 2.05) is 13.8 Å². The highest BCUT2D eigenvalue weighted by atomic mass is 16.5. The van der Waals surface area contributed by atoms with Crippen LogP contribution < -0.4 is 5.32 Å². The second-order valence-corrected chi connectivity index (χ2v) is 8.38. The van der Waals surface area contributed by atoms with Gasteiger partial charge in [-0.2, -0.15) is 0 Å². The standard InChI is InChI=1S/C20H31N3O5/c1-3-10-22(11-15-7-8-15)16(24)13-28-17(25)12-23-18(26)20(21-19(23)27)9-5-4-6-14(20)2/h14-15H,3-13H2,1-2H3,(H,21,27). The second kappa shape index (κ2) is 8.49. The summed E-state index contributed by atoms with van der Waals surface area (Å²) in [6.45, 7) is 4.50. The van der Waals surface area contributed by atoms with Crippen molar-refractivity contribution in [3.05, 3.63) is 0 Å². The zero-order chi connectivity index (χ0) is 20.3. The maximum absolute atomic E-state index is 12.9. The molecule has 3 aliphatic rings. The van der Waals surface area contributed by atoms with Crippen molar-refractivity contribution in [3.63, 3.8) is 0 Å². The largest absolute Gasteiger partial charge is 0.454 e. The fraction of sp³-hybridized carbons (Fsp3) is 0.800. The predicted molar refractivity (Wildman–Crippen MR) is 101 cm³/mol. The SMILES string of the molecule is CCCN(CC1CC1)C(=O)COC(=O)CN1C(=O)NC2(CCCCC2C)C1=O. The lowest BCUT2D eigenvalue weighted by Crippen LogP contribution is -2.54. The third-order valence-corrected chi connectivity index (χ3v) is 6.17. The highest BCUT2D eigenvalue weighted by molar-refractivity contribution is 6.09. The Kier molecular flexibility index (Phi) is 6.25. The monoisotopic (exact) mass is 393 g/mol. The van der Waals surface area contributed by atoms with Crippen LogP contribution in [-0.2, 0) is 19.1 Å². The third kappa shape index (κ3) is 4.31. The fourth-order valence-corrected chi connectivity index (χ4v) is 4.25.